The fourth-order valence-corrected chi connectivity index (χ4v) is 2.36. The van der Waals surface area contributed by atoms with E-state index in [1.165, 1.54) is 0 Å². The van der Waals surface area contributed by atoms with Crippen molar-refractivity contribution >= 4 is 11.4 Å². The minimum absolute atomic E-state index is 0.00438. The van der Waals surface area contributed by atoms with Crippen molar-refractivity contribution in [1.29, 1.82) is 0 Å². The lowest BCUT2D eigenvalue weighted by Gasteiger charge is -2.15. The molecule has 0 amide bonds. The van der Waals surface area contributed by atoms with Crippen molar-refractivity contribution in [3.8, 4) is 11.3 Å². The Hall–Kier alpha value is -2.88. The highest BCUT2D eigenvalue weighted by atomic mass is 19.4. The van der Waals surface area contributed by atoms with E-state index < -0.39 is 23.0 Å². The van der Waals surface area contributed by atoms with E-state index in [0.717, 1.165) is 10.7 Å². The highest BCUT2D eigenvalue weighted by molar-refractivity contribution is 5.84. The molecule has 0 N–H and O–H groups in total. The number of benzene rings is 1. The summed E-state index contributed by atoms with van der Waals surface area (Å²) in [5.74, 6) is 0. The molecule has 2 rings (SSSR count). The molecule has 25 heavy (non-hydrogen) atoms. The van der Waals surface area contributed by atoms with Crippen molar-refractivity contribution in [3.63, 3.8) is 0 Å². The monoisotopic (exact) mass is 347 g/mol. The van der Waals surface area contributed by atoms with Crippen molar-refractivity contribution in [2.45, 2.75) is 32.9 Å². The maximum absolute atomic E-state index is 13.3. The maximum Gasteiger partial charge on any atom is 0.407 e. The van der Waals surface area contributed by atoms with E-state index in [-0.39, 0.29) is 5.69 Å². The molecule has 0 saturated heterocycles. The van der Waals surface area contributed by atoms with E-state index in [4.69, 9.17) is 6.57 Å². The number of halogens is 3. The number of nitrogens with zero attached hydrogens (tertiary/aromatic N) is 3. The van der Waals surface area contributed by atoms with Crippen LogP contribution < -0.4 is 5.56 Å². The molecule has 0 saturated carbocycles. The molecule has 7 heteroatoms. The number of hydrogen-bond acceptors (Lipinski definition) is 2. The Bertz CT molecular complexity index is 885. The van der Waals surface area contributed by atoms with E-state index in [1.54, 1.807) is 30.3 Å². The summed E-state index contributed by atoms with van der Waals surface area (Å²) < 4.78 is 40.8. The van der Waals surface area contributed by atoms with Crippen LogP contribution in [0.1, 0.15) is 32.3 Å². The Morgan fingerprint density at radius 2 is 1.80 bits per heavy atom. The SMILES string of the molecule is [C-]#[N+]c1c(C(F)(F)F)cc(-c2ccccc2)n(N=C(CC)CC)c1=O. The van der Waals surface area contributed by atoms with Crippen LogP contribution >= 0.6 is 0 Å². The molecule has 0 atom stereocenters. The Morgan fingerprint density at radius 1 is 1.20 bits per heavy atom. The molecule has 0 spiro atoms. The molecule has 130 valence electrons. The van der Waals surface area contributed by atoms with E-state index in [9.17, 15) is 18.0 Å². The standard InChI is InChI=1S/C18H16F3N3O/c1-4-13(5-2)23-24-15(12-9-7-6-8-10-12)11-14(18(19,20)21)16(22-3)17(24)25/h6-11H,4-5H2,1-2H3. The molecule has 0 radical (unpaired) electrons. The van der Waals surface area contributed by atoms with Gasteiger partial charge in [0.2, 0.25) is 0 Å². The summed E-state index contributed by atoms with van der Waals surface area (Å²) in [6, 6.07) is 9.04. The fraction of sp³-hybridized carbons (Fsp3) is 0.278. The summed E-state index contributed by atoms with van der Waals surface area (Å²) in [4.78, 5) is 15.4. The third kappa shape index (κ3) is 3.79. The van der Waals surface area contributed by atoms with Gasteiger partial charge in [-0.15, -0.1) is 0 Å². The van der Waals surface area contributed by atoms with Crippen LogP contribution in [0.25, 0.3) is 16.1 Å². The van der Waals surface area contributed by atoms with Gasteiger partial charge in [-0.3, -0.25) is 4.79 Å². The van der Waals surface area contributed by atoms with Crippen LogP contribution in [0.4, 0.5) is 18.9 Å². The van der Waals surface area contributed by atoms with Crippen molar-refractivity contribution in [2.75, 3.05) is 0 Å². The molecule has 2 aromatic rings. The predicted molar refractivity (Wildman–Crippen MR) is 90.8 cm³/mol. The summed E-state index contributed by atoms with van der Waals surface area (Å²) in [7, 11) is 0. The van der Waals surface area contributed by atoms with Gasteiger partial charge in [-0.25, -0.2) is 9.52 Å². The first-order chi connectivity index (χ1) is 11.8. The summed E-state index contributed by atoms with van der Waals surface area (Å²) in [6.07, 6.45) is -3.71. The number of aromatic nitrogens is 1. The second-order valence-corrected chi connectivity index (χ2v) is 5.26. The zero-order valence-corrected chi connectivity index (χ0v) is 13.8. The van der Waals surface area contributed by atoms with Crippen molar-refractivity contribution in [3.05, 3.63) is 63.7 Å². The van der Waals surface area contributed by atoms with Gasteiger partial charge in [-0.1, -0.05) is 44.2 Å². The quantitative estimate of drug-likeness (QED) is 0.559. The lowest BCUT2D eigenvalue weighted by atomic mass is 10.1. The number of alkyl halides is 3. The predicted octanol–water partition coefficient (Wildman–Crippen LogP) is 5.11. The Kier molecular flexibility index (Phi) is 5.42. The normalized spacial score (nSPS) is 11.0. The smallest absolute Gasteiger partial charge is 0.281 e. The van der Waals surface area contributed by atoms with Crippen molar-refractivity contribution in [1.82, 2.24) is 4.68 Å². The van der Waals surface area contributed by atoms with Crippen LogP contribution in [-0.4, -0.2) is 10.4 Å². The Labute approximate surface area is 143 Å². The van der Waals surface area contributed by atoms with Gasteiger partial charge in [0.05, 0.1) is 17.8 Å². The van der Waals surface area contributed by atoms with E-state index >= 15 is 0 Å². The Balaban J connectivity index is 2.93. The van der Waals surface area contributed by atoms with Gasteiger partial charge >= 0.3 is 6.18 Å². The zero-order chi connectivity index (χ0) is 18.6. The molecular formula is C18H16F3N3O. The van der Waals surface area contributed by atoms with Gasteiger partial charge in [0, 0.05) is 11.3 Å². The van der Waals surface area contributed by atoms with Crippen molar-refractivity contribution in [2.24, 2.45) is 5.10 Å². The molecule has 4 nitrogen and oxygen atoms in total. The summed E-state index contributed by atoms with van der Waals surface area (Å²) in [5, 5.41) is 4.21. The van der Waals surface area contributed by atoms with Gasteiger partial charge in [0.1, 0.15) is 0 Å². The highest BCUT2D eigenvalue weighted by Crippen LogP contribution is 2.37. The lowest BCUT2D eigenvalue weighted by molar-refractivity contribution is -0.136. The van der Waals surface area contributed by atoms with Crippen LogP contribution in [0.3, 0.4) is 0 Å². The van der Waals surface area contributed by atoms with E-state index in [0.29, 0.717) is 24.1 Å². The van der Waals surface area contributed by atoms with Crippen molar-refractivity contribution < 1.29 is 13.2 Å². The van der Waals surface area contributed by atoms with Gasteiger partial charge in [-0.05, 0) is 18.9 Å². The third-order valence-electron chi connectivity index (χ3n) is 3.70. The van der Waals surface area contributed by atoms with Gasteiger partial charge in [-0.2, -0.15) is 18.3 Å². The van der Waals surface area contributed by atoms with Crippen LogP contribution in [0.2, 0.25) is 0 Å². The van der Waals surface area contributed by atoms with E-state index in [1.807, 2.05) is 13.8 Å². The Morgan fingerprint density at radius 3 is 2.28 bits per heavy atom. The van der Waals surface area contributed by atoms with Crippen LogP contribution in [-0.2, 0) is 6.18 Å². The fourth-order valence-electron chi connectivity index (χ4n) is 2.36. The average molecular weight is 347 g/mol. The maximum atomic E-state index is 13.3. The number of pyridine rings is 1. The molecule has 1 heterocycles. The second-order valence-electron chi connectivity index (χ2n) is 5.26. The first kappa shape index (κ1) is 18.5. The summed E-state index contributed by atoms with van der Waals surface area (Å²) in [5.41, 5.74) is -2.21. The molecule has 0 aliphatic heterocycles. The second kappa shape index (κ2) is 7.34. The zero-order valence-electron chi connectivity index (χ0n) is 13.8. The van der Waals surface area contributed by atoms with Crippen LogP contribution in [0.15, 0.2) is 46.3 Å². The van der Waals surface area contributed by atoms with Gasteiger partial charge in [0.25, 0.3) is 11.2 Å². The van der Waals surface area contributed by atoms with E-state index in [2.05, 4.69) is 9.95 Å². The molecular weight excluding hydrogens is 331 g/mol. The highest BCUT2D eigenvalue weighted by Gasteiger charge is 2.36. The van der Waals surface area contributed by atoms with Crippen LogP contribution in [0.5, 0.6) is 0 Å². The summed E-state index contributed by atoms with van der Waals surface area (Å²) >= 11 is 0. The number of rotatable bonds is 4. The molecule has 1 aromatic carbocycles. The average Bonchev–Trinajstić information content (AvgIpc) is 2.60. The molecule has 0 unspecified atom stereocenters. The minimum atomic E-state index is -4.80. The molecule has 1 aromatic heterocycles. The lowest BCUT2D eigenvalue weighted by Crippen LogP contribution is -2.23. The largest absolute Gasteiger partial charge is 0.407 e. The molecule has 0 aliphatic rings. The summed E-state index contributed by atoms with van der Waals surface area (Å²) in [6.45, 7) is 10.7. The third-order valence-corrected chi connectivity index (χ3v) is 3.70. The first-order valence-corrected chi connectivity index (χ1v) is 7.70. The minimum Gasteiger partial charge on any atom is -0.281 e. The first-order valence-electron chi connectivity index (χ1n) is 7.70. The van der Waals surface area contributed by atoms with Crippen LogP contribution in [0, 0.1) is 6.57 Å². The number of hydrogen-bond donors (Lipinski definition) is 0. The topological polar surface area (TPSA) is 38.7 Å². The molecule has 0 bridgehead atoms. The molecule has 0 fully saturated rings. The molecule has 0 aliphatic carbocycles. The van der Waals surface area contributed by atoms with Gasteiger partial charge in [0.15, 0.2) is 0 Å². The van der Waals surface area contributed by atoms with Gasteiger partial charge < -0.3 is 0 Å².